The maximum atomic E-state index is 11.9. The molecule has 1 aliphatic heterocycles. The molecule has 0 aromatic rings. The first kappa shape index (κ1) is 17.0. The summed E-state index contributed by atoms with van der Waals surface area (Å²) in [5.74, 6) is -1.04. The second-order valence-electron chi connectivity index (χ2n) is 7.08. The molecule has 20 heavy (non-hydrogen) atoms. The fourth-order valence-electron chi connectivity index (χ4n) is 3.13. The van der Waals surface area contributed by atoms with Crippen LogP contribution in [0.2, 0.25) is 0 Å². The van der Waals surface area contributed by atoms with Crippen molar-refractivity contribution in [1.82, 2.24) is 16.0 Å². The van der Waals surface area contributed by atoms with Crippen LogP contribution in [0.25, 0.3) is 0 Å². The monoisotopic (exact) mass is 283 g/mol. The summed E-state index contributed by atoms with van der Waals surface area (Å²) in [6.07, 6.45) is 3.54. The van der Waals surface area contributed by atoms with Crippen LogP contribution in [0, 0.1) is 0 Å². The zero-order chi connectivity index (χ0) is 15.4. The van der Waals surface area contributed by atoms with Crippen molar-refractivity contribution < 1.29 is 9.59 Å². The highest BCUT2D eigenvalue weighted by molar-refractivity contribution is 6.35. The minimum Gasteiger partial charge on any atom is -0.348 e. The van der Waals surface area contributed by atoms with Gasteiger partial charge in [-0.2, -0.15) is 0 Å². The highest BCUT2D eigenvalue weighted by atomic mass is 16.2. The Hall–Kier alpha value is -1.10. The Kier molecular flexibility index (Phi) is 5.57. The average molecular weight is 283 g/mol. The highest BCUT2D eigenvalue weighted by Gasteiger charge is 2.38. The molecule has 0 atom stereocenters. The van der Waals surface area contributed by atoms with Crippen molar-refractivity contribution in [3.05, 3.63) is 0 Å². The first-order chi connectivity index (χ1) is 9.15. The second-order valence-corrected chi connectivity index (χ2v) is 7.08. The third kappa shape index (κ3) is 5.49. The Morgan fingerprint density at radius 1 is 1.10 bits per heavy atom. The van der Waals surface area contributed by atoms with Crippen LogP contribution in [0.4, 0.5) is 0 Å². The maximum Gasteiger partial charge on any atom is 0.309 e. The smallest absolute Gasteiger partial charge is 0.309 e. The van der Waals surface area contributed by atoms with Gasteiger partial charge in [0.1, 0.15) is 0 Å². The Morgan fingerprint density at radius 3 is 2.15 bits per heavy atom. The van der Waals surface area contributed by atoms with E-state index in [0.717, 1.165) is 25.7 Å². The van der Waals surface area contributed by atoms with Crippen molar-refractivity contribution >= 4 is 11.8 Å². The fourth-order valence-corrected chi connectivity index (χ4v) is 3.13. The highest BCUT2D eigenvalue weighted by Crippen LogP contribution is 2.28. The normalized spacial score (nSPS) is 21.2. The van der Waals surface area contributed by atoms with Crippen LogP contribution in [0.3, 0.4) is 0 Å². The van der Waals surface area contributed by atoms with Crippen LogP contribution in [-0.4, -0.2) is 35.5 Å². The molecule has 1 fully saturated rings. The number of piperidine rings is 1. The predicted octanol–water partition coefficient (Wildman–Crippen LogP) is 1.33. The van der Waals surface area contributed by atoms with Crippen molar-refractivity contribution in [2.24, 2.45) is 0 Å². The zero-order valence-corrected chi connectivity index (χ0v) is 13.4. The van der Waals surface area contributed by atoms with E-state index in [-0.39, 0.29) is 17.1 Å². The van der Waals surface area contributed by atoms with Gasteiger partial charge in [0.25, 0.3) is 0 Å². The quantitative estimate of drug-likeness (QED) is 0.538. The van der Waals surface area contributed by atoms with E-state index in [4.69, 9.17) is 0 Å². The van der Waals surface area contributed by atoms with Crippen LogP contribution >= 0.6 is 0 Å². The third-order valence-electron chi connectivity index (χ3n) is 3.55. The van der Waals surface area contributed by atoms with Crippen LogP contribution < -0.4 is 16.0 Å². The van der Waals surface area contributed by atoms with E-state index in [9.17, 15) is 9.59 Å². The van der Waals surface area contributed by atoms with Crippen molar-refractivity contribution in [3.63, 3.8) is 0 Å². The summed E-state index contributed by atoms with van der Waals surface area (Å²) in [6.45, 7) is 11.1. The molecule has 0 aliphatic carbocycles. The molecule has 0 unspecified atom stereocenters. The lowest BCUT2D eigenvalue weighted by Crippen LogP contribution is -2.62. The van der Waals surface area contributed by atoms with Gasteiger partial charge in [0.05, 0.1) is 0 Å². The van der Waals surface area contributed by atoms with E-state index < -0.39 is 11.8 Å². The second kappa shape index (κ2) is 6.57. The lowest BCUT2D eigenvalue weighted by atomic mass is 9.79. The molecule has 0 radical (unpaired) electrons. The zero-order valence-electron chi connectivity index (χ0n) is 13.4. The molecule has 0 aromatic carbocycles. The minimum atomic E-state index is -0.521. The van der Waals surface area contributed by atoms with Crippen LogP contribution in [0.1, 0.15) is 60.3 Å². The molecule has 5 heteroatoms. The van der Waals surface area contributed by atoms with Crippen LogP contribution in [0.15, 0.2) is 0 Å². The molecule has 1 heterocycles. The summed E-state index contributed by atoms with van der Waals surface area (Å²) >= 11 is 0. The summed E-state index contributed by atoms with van der Waals surface area (Å²) in [4.78, 5) is 23.6. The molecule has 1 saturated heterocycles. The molecule has 0 bridgehead atoms. The molecule has 116 valence electrons. The van der Waals surface area contributed by atoms with Gasteiger partial charge >= 0.3 is 11.8 Å². The number of nitrogens with one attached hydrogen (secondary N) is 3. The first-order valence-corrected chi connectivity index (χ1v) is 7.53. The summed E-state index contributed by atoms with van der Waals surface area (Å²) in [7, 11) is 0. The lowest BCUT2D eigenvalue weighted by Gasteiger charge is -2.46. The summed E-state index contributed by atoms with van der Waals surface area (Å²) < 4.78 is 0. The molecule has 0 aromatic heterocycles. The Balaban J connectivity index is 2.50. The number of amides is 2. The summed E-state index contributed by atoms with van der Waals surface area (Å²) in [6, 6.07) is 0.0330. The Bertz CT molecular complexity index is 348. The largest absolute Gasteiger partial charge is 0.348 e. The van der Waals surface area contributed by atoms with Gasteiger partial charge < -0.3 is 16.0 Å². The number of carbonyl (C=O) groups excluding carboxylic acids is 2. The van der Waals surface area contributed by atoms with Gasteiger partial charge in [-0.15, -0.1) is 0 Å². The van der Waals surface area contributed by atoms with Gasteiger partial charge in [0.15, 0.2) is 0 Å². The van der Waals surface area contributed by atoms with Crippen molar-refractivity contribution in [3.8, 4) is 0 Å². The Labute approximate surface area is 122 Å². The van der Waals surface area contributed by atoms with E-state index in [0.29, 0.717) is 6.54 Å². The number of rotatable bonds is 4. The van der Waals surface area contributed by atoms with Crippen molar-refractivity contribution in [2.45, 2.75) is 77.4 Å². The van der Waals surface area contributed by atoms with Gasteiger partial charge in [-0.25, -0.2) is 0 Å². The number of unbranched alkanes of at least 4 members (excludes halogenated alkanes) is 1. The van der Waals surface area contributed by atoms with Gasteiger partial charge in [-0.05, 0) is 47.0 Å². The van der Waals surface area contributed by atoms with Gasteiger partial charge in [-0.1, -0.05) is 13.3 Å². The number of hydrogen-bond donors (Lipinski definition) is 3. The van der Waals surface area contributed by atoms with E-state index in [1.807, 2.05) is 6.92 Å². The molecule has 5 nitrogen and oxygen atoms in total. The van der Waals surface area contributed by atoms with Gasteiger partial charge in [0.2, 0.25) is 0 Å². The Morgan fingerprint density at radius 2 is 1.65 bits per heavy atom. The molecular formula is C15H29N3O2. The topological polar surface area (TPSA) is 70.2 Å². The first-order valence-electron chi connectivity index (χ1n) is 7.53. The van der Waals surface area contributed by atoms with E-state index in [1.54, 1.807) is 0 Å². The van der Waals surface area contributed by atoms with Crippen LogP contribution in [0.5, 0.6) is 0 Å². The molecular weight excluding hydrogens is 254 g/mol. The van der Waals surface area contributed by atoms with Crippen LogP contribution in [-0.2, 0) is 9.59 Å². The standard InChI is InChI=1S/C15H29N3O2/c1-6-7-8-16-12(19)13(20)17-11-9-14(2,3)18-15(4,5)10-11/h11,18H,6-10H2,1-5H3,(H,16,19)(H,17,20). The molecule has 2 amide bonds. The summed E-state index contributed by atoms with van der Waals surface area (Å²) in [5.41, 5.74) is -0.0865. The maximum absolute atomic E-state index is 11.9. The van der Waals surface area contributed by atoms with Gasteiger partial charge in [0, 0.05) is 23.7 Å². The van der Waals surface area contributed by atoms with E-state index in [2.05, 4.69) is 43.6 Å². The lowest BCUT2D eigenvalue weighted by molar-refractivity contribution is -0.140. The summed E-state index contributed by atoms with van der Waals surface area (Å²) in [5, 5.41) is 9.07. The van der Waals surface area contributed by atoms with E-state index in [1.165, 1.54) is 0 Å². The van der Waals surface area contributed by atoms with Gasteiger partial charge in [-0.3, -0.25) is 9.59 Å². The molecule has 1 rings (SSSR count). The predicted molar refractivity (Wildman–Crippen MR) is 80.4 cm³/mol. The third-order valence-corrected chi connectivity index (χ3v) is 3.55. The molecule has 0 spiro atoms. The minimum absolute atomic E-state index is 0.0330. The van der Waals surface area contributed by atoms with E-state index >= 15 is 0 Å². The number of hydrogen-bond acceptors (Lipinski definition) is 3. The fraction of sp³-hybridized carbons (Fsp3) is 0.867. The molecule has 0 saturated carbocycles. The van der Waals surface area contributed by atoms with Crippen molar-refractivity contribution in [2.75, 3.05) is 6.54 Å². The average Bonchev–Trinajstić information content (AvgIpc) is 2.24. The van der Waals surface area contributed by atoms with Crippen molar-refractivity contribution in [1.29, 1.82) is 0 Å². The number of carbonyl (C=O) groups is 2. The molecule has 3 N–H and O–H groups in total. The molecule has 1 aliphatic rings. The SMILES string of the molecule is CCCCNC(=O)C(=O)NC1CC(C)(C)NC(C)(C)C1.